The molecule has 0 radical (unpaired) electrons. The van der Waals surface area contributed by atoms with Crippen LogP contribution in [0.3, 0.4) is 0 Å². The molecule has 7 aromatic carbocycles. The number of nitrogens with zero attached hydrogens (tertiary/aromatic N) is 3. The van der Waals surface area contributed by atoms with Crippen LogP contribution in [0.2, 0.25) is 0 Å². The Bertz CT molecular complexity index is 2710. The molecule has 1 atom stereocenters. The minimum absolute atomic E-state index is 0.423. The first-order valence-electron chi connectivity index (χ1n) is 17.4. The van der Waals surface area contributed by atoms with Gasteiger partial charge in [0, 0.05) is 11.5 Å². The van der Waals surface area contributed by atoms with Crippen molar-refractivity contribution < 1.29 is 0 Å². The number of allylic oxidation sites excluding steroid dienone is 4. The number of hydrogen-bond acceptors (Lipinski definition) is 3. The molecule has 0 aliphatic heterocycles. The van der Waals surface area contributed by atoms with Gasteiger partial charge in [-0.3, -0.25) is 0 Å². The lowest BCUT2D eigenvalue weighted by atomic mass is 9.86. The summed E-state index contributed by atoms with van der Waals surface area (Å²) in [4.78, 5) is 13.5. The maximum atomic E-state index is 4.59. The maximum Gasteiger partial charge on any atom is 0.163 e. The van der Waals surface area contributed by atoms with Crippen molar-refractivity contribution in [1.29, 1.82) is 0 Å². The highest BCUT2D eigenvalue weighted by Crippen LogP contribution is 2.53. The van der Waals surface area contributed by atoms with Gasteiger partial charge in [-0.15, -0.1) is 0 Å². The highest BCUT2D eigenvalue weighted by Gasteiger charge is 2.32. The molecule has 50 heavy (non-hydrogen) atoms. The molecule has 0 saturated carbocycles. The van der Waals surface area contributed by atoms with Crippen molar-refractivity contribution in [3.8, 4) is 44.8 Å². The Morgan fingerprint density at radius 1 is 0.520 bits per heavy atom. The van der Waals surface area contributed by atoms with Gasteiger partial charge in [0.1, 0.15) is 11.6 Å². The van der Waals surface area contributed by atoms with Gasteiger partial charge in [0.25, 0.3) is 0 Å². The first kappa shape index (κ1) is 28.8. The number of fused-ring (bicyclic) bond motifs is 6. The molecule has 236 valence electrons. The van der Waals surface area contributed by atoms with Crippen molar-refractivity contribution in [3.05, 3.63) is 168 Å². The normalized spacial score (nSPS) is 14.8. The maximum absolute atomic E-state index is 4.59. The second-order valence-corrected chi connectivity index (χ2v) is 13.6. The van der Waals surface area contributed by atoms with E-state index in [-0.39, 0.29) is 0 Å². The summed E-state index contributed by atoms with van der Waals surface area (Å²) in [5, 5.41) is 7.92. The Kier molecular flexibility index (Phi) is 6.44. The standard InChI is InChI=1S/C47H33N3/c1-28-48-29(2)50-47(49-28)34-21-19-33(20-22-34)44-37-11-5-3-9-30(37)23-24-39(44)32-17-15-31(16-18-32)36-25-26-42-40-13-7-8-14-41(40)45-38-12-6-4-10-35(38)27-43(36)46(42)45/h3-13,15-27,41H,14H2,1-2H3. The fourth-order valence-corrected chi connectivity index (χ4v) is 8.44. The summed E-state index contributed by atoms with van der Waals surface area (Å²) in [6.07, 6.45) is 7.93. The molecule has 3 nitrogen and oxygen atoms in total. The third kappa shape index (κ3) is 4.47. The van der Waals surface area contributed by atoms with Gasteiger partial charge in [0.2, 0.25) is 0 Å². The molecule has 0 saturated heterocycles. The van der Waals surface area contributed by atoms with Crippen LogP contribution in [0, 0.1) is 13.8 Å². The van der Waals surface area contributed by atoms with E-state index in [0.29, 0.717) is 11.7 Å². The number of aromatic nitrogens is 3. The molecular weight excluding hydrogens is 607 g/mol. The highest BCUT2D eigenvalue weighted by atomic mass is 15.0. The van der Waals surface area contributed by atoms with Crippen LogP contribution >= 0.6 is 0 Å². The van der Waals surface area contributed by atoms with E-state index in [2.05, 4.69) is 161 Å². The van der Waals surface area contributed by atoms with Crippen molar-refractivity contribution in [1.82, 2.24) is 15.0 Å². The topological polar surface area (TPSA) is 38.7 Å². The summed E-state index contributed by atoms with van der Waals surface area (Å²) >= 11 is 0. The molecule has 3 heteroatoms. The minimum atomic E-state index is 0.423. The first-order chi connectivity index (χ1) is 24.6. The van der Waals surface area contributed by atoms with Gasteiger partial charge in [0.05, 0.1) is 0 Å². The molecule has 2 aliphatic carbocycles. The smallest absolute Gasteiger partial charge is 0.163 e. The summed E-state index contributed by atoms with van der Waals surface area (Å²) in [5.74, 6) is 2.59. The molecule has 0 spiro atoms. The van der Waals surface area contributed by atoms with Gasteiger partial charge in [-0.1, -0.05) is 140 Å². The van der Waals surface area contributed by atoms with Crippen molar-refractivity contribution in [3.63, 3.8) is 0 Å². The van der Waals surface area contributed by atoms with Gasteiger partial charge >= 0.3 is 0 Å². The Morgan fingerprint density at radius 3 is 1.92 bits per heavy atom. The predicted octanol–water partition coefficient (Wildman–Crippen LogP) is 12.1. The fraction of sp³-hybridized carbons (Fsp3) is 0.0851. The lowest BCUT2D eigenvalue weighted by Crippen LogP contribution is -1.98. The van der Waals surface area contributed by atoms with E-state index >= 15 is 0 Å². The van der Waals surface area contributed by atoms with Crippen molar-refractivity contribution in [2.75, 3.05) is 0 Å². The number of hydrogen-bond donors (Lipinski definition) is 0. The van der Waals surface area contributed by atoms with Crippen LogP contribution in [0.15, 0.2) is 146 Å². The lowest BCUT2D eigenvalue weighted by Gasteiger charge is -2.17. The third-order valence-corrected chi connectivity index (χ3v) is 10.6. The molecule has 1 aromatic heterocycles. The van der Waals surface area contributed by atoms with E-state index in [1.54, 1.807) is 0 Å². The van der Waals surface area contributed by atoms with Crippen molar-refractivity contribution >= 4 is 37.9 Å². The van der Waals surface area contributed by atoms with Crippen LogP contribution in [-0.2, 0) is 0 Å². The molecule has 2 aliphatic rings. The van der Waals surface area contributed by atoms with Crippen LogP contribution in [-0.4, -0.2) is 15.0 Å². The van der Waals surface area contributed by atoms with Gasteiger partial charge in [0.15, 0.2) is 5.82 Å². The molecule has 1 unspecified atom stereocenters. The lowest BCUT2D eigenvalue weighted by molar-refractivity contribution is 0.907. The number of benzene rings is 7. The Morgan fingerprint density at radius 2 is 1.14 bits per heavy atom. The zero-order valence-electron chi connectivity index (χ0n) is 28.0. The summed E-state index contributed by atoms with van der Waals surface area (Å²) in [5.41, 5.74) is 12.7. The van der Waals surface area contributed by atoms with Gasteiger partial charge in [-0.05, 0) is 109 Å². The van der Waals surface area contributed by atoms with E-state index in [9.17, 15) is 0 Å². The average Bonchev–Trinajstić information content (AvgIpc) is 3.50. The number of rotatable bonds is 4. The Balaban J connectivity index is 1.10. The monoisotopic (exact) mass is 639 g/mol. The summed E-state index contributed by atoms with van der Waals surface area (Å²) in [6, 6.07) is 47.0. The second-order valence-electron chi connectivity index (χ2n) is 13.6. The summed E-state index contributed by atoms with van der Waals surface area (Å²) < 4.78 is 0. The van der Waals surface area contributed by atoms with Gasteiger partial charge in [-0.2, -0.15) is 0 Å². The molecular formula is C47H33N3. The zero-order chi connectivity index (χ0) is 33.3. The summed E-state index contributed by atoms with van der Waals surface area (Å²) in [6.45, 7) is 3.82. The van der Waals surface area contributed by atoms with Crippen molar-refractivity contribution in [2.24, 2.45) is 0 Å². The molecule has 8 aromatic rings. The van der Waals surface area contributed by atoms with E-state index in [4.69, 9.17) is 0 Å². The van der Waals surface area contributed by atoms with Crippen LogP contribution in [0.25, 0.3) is 82.7 Å². The van der Waals surface area contributed by atoms with Crippen molar-refractivity contribution in [2.45, 2.75) is 26.2 Å². The fourth-order valence-electron chi connectivity index (χ4n) is 8.44. The first-order valence-corrected chi connectivity index (χ1v) is 17.4. The highest BCUT2D eigenvalue weighted by molar-refractivity contribution is 6.16. The second kappa shape index (κ2) is 11.2. The SMILES string of the molecule is Cc1nc(C)nc(-c2ccc(-c3c(-c4ccc(-c5ccc6c7c(c8ccccc8cc57)C5CC=CC=C65)cc4)ccc4ccccc34)cc2)n1. The number of aryl methyl sites for hydroxylation is 2. The zero-order valence-corrected chi connectivity index (χ0v) is 28.0. The van der Waals surface area contributed by atoms with E-state index in [0.717, 1.165) is 29.2 Å². The van der Waals surface area contributed by atoms with Gasteiger partial charge in [-0.25, -0.2) is 15.0 Å². The molecule has 0 amide bonds. The van der Waals surface area contributed by atoms with E-state index in [1.807, 2.05) is 13.8 Å². The van der Waals surface area contributed by atoms with Crippen LogP contribution in [0.4, 0.5) is 0 Å². The molecule has 1 heterocycles. The summed E-state index contributed by atoms with van der Waals surface area (Å²) in [7, 11) is 0. The largest absolute Gasteiger partial charge is 0.219 e. The minimum Gasteiger partial charge on any atom is -0.219 e. The van der Waals surface area contributed by atoms with E-state index < -0.39 is 0 Å². The van der Waals surface area contributed by atoms with Gasteiger partial charge < -0.3 is 0 Å². The van der Waals surface area contributed by atoms with Crippen LogP contribution in [0.1, 0.15) is 35.1 Å². The molecule has 0 N–H and O–H groups in total. The molecule has 0 fully saturated rings. The average molecular weight is 640 g/mol. The van der Waals surface area contributed by atoms with Crippen LogP contribution < -0.4 is 0 Å². The molecule has 0 bridgehead atoms. The Labute approximate surface area is 291 Å². The third-order valence-electron chi connectivity index (χ3n) is 10.6. The van der Waals surface area contributed by atoms with Crippen LogP contribution in [0.5, 0.6) is 0 Å². The quantitative estimate of drug-likeness (QED) is 0.180. The Hall–Kier alpha value is -6.19. The van der Waals surface area contributed by atoms with E-state index in [1.165, 1.54) is 76.8 Å². The molecule has 10 rings (SSSR count). The predicted molar refractivity (Wildman–Crippen MR) is 208 cm³/mol.